The third kappa shape index (κ3) is 7.90. The molecule has 1 amide bonds. The molecule has 13 nitrogen and oxygen atoms in total. The molecule has 0 radical (unpaired) electrons. The summed E-state index contributed by atoms with van der Waals surface area (Å²) in [6.45, 7) is 3.76. The maximum atomic E-state index is 11.5. The van der Waals surface area contributed by atoms with Crippen molar-refractivity contribution in [2.24, 2.45) is 0 Å². The minimum absolute atomic E-state index is 0.515. The third-order valence-corrected chi connectivity index (χ3v) is 3.79. The lowest BCUT2D eigenvalue weighted by Crippen LogP contribution is -2.66. The first-order chi connectivity index (χ1) is 12.8. The van der Waals surface area contributed by atoms with Gasteiger partial charge < -0.3 is 34.1 Å². The molecule has 0 bridgehead atoms. The zero-order valence-corrected chi connectivity index (χ0v) is 16.4. The van der Waals surface area contributed by atoms with Gasteiger partial charge in [-0.25, -0.2) is 4.57 Å². The number of phosphoric ester groups is 1. The van der Waals surface area contributed by atoms with Crippen molar-refractivity contribution in [1.82, 2.24) is 5.32 Å². The molecular formula is C14H22NO12P. The Morgan fingerprint density at radius 2 is 1.50 bits per heavy atom. The zero-order valence-electron chi connectivity index (χ0n) is 15.5. The standard InChI is InChI=1S/C14H22NO12P/c1-6(16)15-11-13(25-9(4)19)12(24-8(3)18)10(5-23-7(2)17)26-14(11)27-28(20,21)22/h10-14H,5H2,1-4H3,(H,15,16)(H2,20,21,22)/t10-,11+,12-,13-,14+/m1/s1. The van der Waals surface area contributed by atoms with Crippen LogP contribution in [-0.4, -0.2) is 70.9 Å². The first kappa shape index (κ1) is 24.0. The maximum absolute atomic E-state index is 11.5. The second kappa shape index (κ2) is 9.94. The van der Waals surface area contributed by atoms with Crippen LogP contribution < -0.4 is 5.32 Å². The van der Waals surface area contributed by atoms with Crippen molar-refractivity contribution in [3.8, 4) is 0 Å². The normalized spacial score (nSPS) is 27.4. The van der Waals surface area contributed by atoms with E-state index in [1.54, 1.807) is 0 Å². The summed E-state index contributed by atoms with van der Waals surface area (Å²) in [7, 11) is -5.12. The summed E-state index contributed by atoms with van der Waals surface area (Å²) in [4.78, 5) is 63.9. The first-order valence-electron chi connectivity index (χ1n) is 7.94. The number of nitrogens with one attached hydrogen (secondary N) is 1. The Morgan fingerprint density at radius 3 is 1.93 bits per heavy atom. The molecule has 1 aliphatic heterocycles. The van der Waals surface area contributed by atoms with Crippen LogP contribution in [0.1, 0.15) is 27.7 Å². The SMILES string of the molecule is CC(=O)N[C@@H]1[C@H](OP(=O)(O)O)O[C@H](COC(C)=O)[C@@H](OC(C)=O)[C@@H]1OC(C)=O. The van der Waals surface area contributed by atoms with Gasteiger partial charge in [-0.2, -0.15) is 0 Å². The lowest BCUT2D eigenvalue weighted by atomic mass is 9.96. The second-order valence-electron chi connectivity index (χ2n) is 5.82. The van der Waals surface area contributed by atoms with Gasteiger partial charge >= 0.3 is 25.7 Å². The summed E-state index contributed by atoms with van der Waals surface area (Å²) in [5.41, 5.74) is 0. The van der Waals surface area contributed by atoms with Crippen molar-refractivity contribution >= 4 is 31.6 Å². The highest BCUT2D eigenvalue weighted by molar-refractivity contribution is 7.46. The number of phosphoric acid groups is 1. The van der Waals surface area contributed by atoms with E-state index in [4.69, 9.17) is 28.7 Å². The number of hydrogen-bond acceptors (Lipinski definition) is 10. The average molecular weight is 427 g/mol. The van der Waals surface area contributed by atoms with Crippen LogP contribution >= 0.6 is 7.82 Å². The van der Waals surface area contributed by atoms with E-state index in [0.29, 0.717) is 0 Å². The van der Waals surface area contributed by atoms with E-state index in [-0.39, 0.29) is 0 Å². The minimum Gasteiger partial charge on any atom is -0.463 e. The van der Waals surface area contributed by atoms with Crippen LogP contribution in [0, 0.1) is 0 Å². The molecule has 0 aromatic heterocycles. The summed E-state index contributed by atoms with van der Waals surface area (Å²) in [5, 5.41) is 2.29. The summed E-state index contributed by atoms with van der Waals surface area (Å²) in [5.74, 6) is -3.05. The Kier molecular flexibility index (Phi) is 8.51. The van der Waals surface area contributed by atoms with Crippen LogP contribution in [0.5, 0.6) is 0 Å². The topological polar surface area (TPSA) is 184 Å². The number of carbonyl (C=O) groups is 4. The van der Waals surface area contributed by atoms with E-state index in [9.17, 15) is 23.7 Å². The summed E-state index contributed by atoms with van der Waals surface area (Å²) in [6, 6.07) is -1.45. The maximum Gasteiger partial charge on any atom is 0.472 e. The molecule has 160 valence electrons. The molecule has 5 atom stereocenters. The van der Waals surface area contributed by atoms with Gasteiger partial charge in [0.15, 0.2) is 18.5 Å². The van der Waals surface area contributed by atoms with Crippen molar-refractivity contribution in [2.75, 3.05) is 6.61 Å². The highest BCUT2D eigenvalue weighted by Crippen LogP contribution is 2.41. The van der Waals surface area contributed by atoms with Crippen molar-refractivity contribution in [2.45, 2.75) is 58.3 Å². The van der Waals surface area contributed by atoms with Crippen LogP contribution in [0.25, 0.3) is 0 Å². The second-order valence-corrected chi connectivity index (χ2v) is 7.01. The van der Waals surface area contributed by atoms with E-state index < -0.39 is 68.9 Å². The van der Waals surface area contributed by atoms with Crippen molar-refractivity contribution in [3.63, 3.8) is 0 Å². The predicted octanol–water partition coefficient (Wildman–Crippen LogP) is -1.25. The fourth-order valence-electron chi connectivity index (χ4n) is 2.52. The molecule has 0 spiro atoms. The molecule has 1 rings (SSSR count). The molecule has 1 saturated heterocycles. The summed E-state index contributed by atoms with van der Waals surface area (Å²) < 4.78 is 36.3. The number of amides is 1. The first-order valence-corrected chi connectivity index (χ1v) is 9.47. The Morgan fingerprint density at radius 1 is 0.964 bits per heavy atom. The lowest BCUT2D eigenvalue weighted by molar-refractivity contribution is -0.259. The number of esters is 3. The Hall–Kier alpha value is -2.05. The van der Waals surface area contributed by atoms with E-state index >= 15 is 0 Å². The molecule has 1 heterocycles. The van der Waals surface area contributed by atoms with Gasteiger partial charge in [-0.05, 0) is 0 Å². The monoisotopic (exact) mass is 427 g/mol. The Labute approximate surface area is 159 Å². The molecule has 0 aliphatic carbocycles. The van der Waals surface area contributed by atoms with Crippen molar-refractivity contribution in [3.05, 3.63) is 0 Å². The lowest BCUT2D eigenvalue weighted by Gasteiger charge is -2.44. The Bertz CT molecular complexity index is 661. The van der Waals surface area contributed by atoms with Gasteiger partial charge in [0.25, 0.3) is 0 Å². The van der Waals surface area contributed by atoms with Gasteiger partial charge in [-0.1, -0.05) is 0 Å². The van der Waals surface area contributed by atoms with Crippen LogP contribution in [-0.2, 0) is 47.2 Å². The van der Waals surface area contributed by atoms with Gasteiger partial charge in [-0.3, -0.25) is 23.7 Å². The molecule has 0 unspecified atom stereocenters. The van der Waals surface area contributed by atoms with Crippen molar-refractivity contribution in [1.29, 1.82) is 0 Å². The summed E-state index contributed by atoms with van der Waals surface area (Å²) in [6.07, 6.45) is -5.98. The number of ether oxygens (including phenoxy) is 4. The fraction of sp³-hybridized carbons (Fsp3) is 0.714. The molecule has 1 fully saturated rings. The minimum atomic E-state index is -5.12. The van der Waals surface area contributed by atoms with Crippen LogP contribution in [0.2, 0.25) is 0 Å². The van der Waals surface area contributed by atoms with Gasteiger partial charge in [0.2, 0.25) is 5.91 Å². The number of rotatable bonds is 7. The molecule has 0 aromatic rings. The number of carbonyl (C=O) groups excluding carboxylic acids is 4. The Balaban J connectivity index is 3.34. The van der Waals surface area contributed by atoms with E-state index in [2.05, 4.69) is 9.84 Å². The predicted molar refractivity (Wildman–Crippen MR) is 87.1 cm³/mol. The largest absolute Gasteiger partial charge is 0.472 e. The quantitative estimate of drug-likeness (QED) is 0.250. The molecule has 0 aromatic carbocycles. The van der Waals surface area contributed by atoms with Crippen LogP contribution in [0.3, 0.4) is 0 Å². The smallest absolute Gasteiger partial charge is 0.463 e. The van der Waals surface area contributed by atoms with E-state index in [1.807, 2.05) is 0 Å². The van der Waals surface area contributed by atoms with Crippen LogP contribution in [0.15, 0.2) is 0 Å². The van der Waals surface area contributed by atoms with Gasteiger partial charge in [-0.15, -0.1) is 0 Å². The summed E-state index contributed by atoms with van der Waals surface area (Å²) >= 11 is 0. The molecular weight excluding hydrogens is 405 g/mol. The number of hydrogen-bond donors (Lipinski definition) is 3. The van der Waals surface area contributed by atoms with E-state index in [1.165, 1.54) is 0 Å². The zero-order chi connectivity index (χ0) is 21.6. The molecule has 14 heteroatoms. The molecule has 3 N–H and O–H groups in total. The van der Waals surface area contributed by atoms with Crippen molar-refractivity contribution < 1.29 is 57.0 Å². The van der Waals surface area contributed by atoms with Gasteiger partial charge in [0.1, 0.15) is 18.8 Å². The molecule has 0 saturated carbocycles. The highest BCUT2D eigenvalue weighted by atomic mass is 31.2. The molecule has 1 aliphatic rings. The highest BCUT2D eigenvalue weighted by Gasteiger charge is 2.52. The van der Waals surface area contributed by atoms with Crippen LogP contribution in [0.4, 0.5) is 0 Å². The van der Waals surface area contributed by atoms with Gasteiger partial charge in [0, 0.05) is 27.7 Å². The fourth-order valence-corrected chi connectivity index (χ4v) is 2.97. The van der Waals surface area contributed by atoms with Gasteiger partial charge in [0.05, 0.1) is 0 Å². The van der Waals surface area contributed by atoms with E-state index in [0.717, 1.165) is 27.7 Å². The molecule has 28 heavy (non-hydrogen) atoms. The third-order valence-electron chi connectivity index (χ3n) is 3.31. The average Bonchev–Trinajstić information content (AvgIpc) is 2.48.